The fourth-order valence-electron chi connectivity index (χ4n) is 2.75. The summed E-state index contributed by atoms with van der Waals surface area (Å²) in [5.74, 6) is 2.33. The maximum Gasteiger partial charge on any atom is 0.254 e. The van der Waals surface area contributed by atoms with Gasteiger partial charge in [-0.2, -0.15) is 0 Å². The van der Waals surface area contributed by atoms with E-state index in [1.54, 1.807) is 24.1 Å². The number of benzene rings is 1. The standard InChI is InChI=1S/C19H23NO4/c1-14-5-8-17(24-14)12-20(2)19(21)15-6-9-16(10-7-15)23-13-18-4-3-11-22-18/h5-10,18H,3-4,11-13H2,1-2H3/t18-/m1/s1. The molecule has 0 saturated carbocycles. The predicted molar refractivity (Wildman–Crippen MR) is 90.2 cm³/mol. The number of nitrogens with zero attached hydrogens (tertiary/aromatic N) is 1. The van der Waals surface area contributed by atoms with E-state index >= 15 is 0 Å². The normalized spacial score (nSPS) is 17.0. The van der Waals surface area contributed by atoms with Crippen LogP contribution in [-0.4, -0.2) is 37.2 Å². The van der Waals surface area contributed by atoms with Crippen molar-refractivity contribution in [2.45, 2.75) is 32.4 Å². The molecule has 1 amide bonds. The Balaban J connectivity index is 1.54. The molecule has 0 bridgehead atoms. The topological polar surface area (TPSA) is 51.9 Å². The van der Waals surface area contributed by atoms with E-state index in [9.17, 15) is 4.79 Å². The smallest absolute Gasteiger partial charge is 0.254 e. The Morgan fingerprint density at radius 2 is 2.04 bits per heavy atom. The highest BCUT2D eigenvalue weighted by Gasteiger charge is 2.17. The maximum absolute atomic E-state index is 12.5. The van der Waals surface area contributed by atoms with Gasteiger partial charge < -0.3 is 18.8 Å². The van der Waals surface area contributed by atoms with Crippen LogP contribution in [0.4, 0.5) is 0 Å². The quantitative estimate of drug-likeness (QED) is 0.815. The SMILES string of the molecule is Cc1ccc(CN(C)C(=O)c2ccc(OC[C@H]3CCCO3)cc2)o1. The minimum Gasteiger partial charge on any atom is -0.491 e. The fraction of sp³-hybridized carbons (Fsp3) is 0.421. The Hall–Kier alpha value is -2.27. The summed E-state index contributed by atoms with van der Waals surface area (Å²) in [6.07, 6.45) is 2.34. The van der Waals surface area contributed by atoms with Crippen molar-refractivity contribution >= 4 is 5.91 Å². The summed E-state index contributed by atoms with van der Waals surface area (Å²) >= 11 is 0. The molecule has 0 N–H and O–H groups in total. The van der Waals surface area contributed by atoms with E-state index in [1.807, 2.05) is 31.2 Å². The highest BCUT2D eigenvalue weighted by atomic mass is 16.5. The van der Waals surface area contributed by atoms with Gasteiger partial charge in [0.1, 0.15) is 23.9 Å². The van der Waals surface area contributed by atoms with Gasteiger partial charge in [0.25, 0.3) is 5.91 Å². The first-order valence-corrected chi connectivity index (χ1v) is 8.27. The van der Waals surface area contributed by atoms with Crippen molar-refractivity contribution in [3.05, 3.63) is 53.5 Å². The summed E-state index contributed by atoms with van der Waals surface area (Å²) in [5, 5.41) is 0. The molecule has 0 unspecified atom stereocenters. The summed E-state index contributed by atoms with van der Waals surface area (Å²) < 4.78 is 16.8. The minimum absolute atomic E-state index is 0.0465. The summed E-state index contributed by atoms with van der Waals surface area (Å²) in [5.41, 5.74) is 0.630. The van der Waals surface area contributed by atoms with Crippen molar-refractivity contribution in [1.82, 2.24) is 4.90 Å². The molecule has 1 aromatic heterocycles. The first-order chi connectivity index (χ1) is 11.6. The van der Waals surface area contributed by atoms with Crippen LogP contribution in [-0.2, 0) is 11.3 Å². The first kappa shape index (κ1) is 16.6. The molecule has 5 heteroatoms. The van der Waals surface area contributed by atoms with Crippen LogP contribution in [0.3, 0.4) is 0 Å². The fourth-order valence-corrected chi connectivity index (χ4v) is 2.75. The van der Waals surface area contributed by atoms with Gasteiger partial charge in [0.15, 0.2) is 0 Å². The van der Waals surface area contributed by atoms with E-state index in [-0.39, 0.29) is 12.0 Å². The van der Waals surface area contributed by atoms with E-state index in [2.05, 4.69) is 0 Å². The third-order valence-electron chi connectivity index (χ3n) is 4.10. The lowest BCUT2D eigenvalue weighted by atomic mass is 10.2. The molecule has 24 heavy (non-hydrogen) atoms. The van der Waals surface area contributed by atoms with Crippen molar-refractivity contribution in [2.24, 2.45) is 0 Å². The lowest BCUT2D eigenvalue weighted by molar-refractivity contribution is 0.0679. The molecule has 1 aliphatic rings. The van der Waals surface area contributed by atoms with Gasteiger partial charge in [-0.1, -0.05) is 0 Å². The number of hydrogen-bond donors (Lipinski definition) is 0. The van der Waals surface area contributed by atoms with Crippen LogP contribution in [0.2, 0.25) is 0 Å². The number of carbonyl (C=O) groups is 1. The van der Waals surface area contributed by atoms with Gasteiger partial charge in [0.2, 0.25) is 0 Å². The van der Waals surface area contributed by atoms with Crippen molar-refractivity contribution in [3.63, 3.8) is 0 Å². The van der Waals surface area contributed by atoms with Gasteiger partial charge >= 0.3 is 0 Å². The molecule has 128 valence electrons. The summed E-state index contributed by atoms with van der Waals surface area (Å²) in [7, 11) is 1.77. The van der Waals surface area contributed by atoms with Crippen LogP contribution in [0.5, 0.6) is 5.75 Å². The van der Waals surface area contributed by atoms with E-state index in [1.165, 1.54) is 0 Å². The van der Waals surface area contributed by atoms with E-state index in [0.29, 0.717) is 18.7 Å². The molecule has 0 radical (unpaired) electrons. The molecule has 0 aliphatic carbocycles. The van der Waals surface area contributed by atoms with E-state index < -0.39 is 0 Å². The zero-order valence-electron chi connectivity index (χ0n) is 14.2. The number of hydrogen-bond acceptors (Lipinski definition) is 4. The molecule has 0 spiro atoms. The Morgan fingerprint density at radius 3 is 2.67 bits per heavy atom. The summed E-state index contributed by atoms with van der Waals surface area (Å²) in [4.78, 5) is 14.1. The van der Waals surface area contributed by atoms with Gasteiger partial charge in [0, 0.05) is 19.2 Å². The molecular formula is C19H23NO4. The van der Waals surface area contributed by atoms with Gasteiger partial charge in [-0.05, 0) is 56.2 Å². The van der Waals surface area contributed by atoms with Crippen molar-refractivity contribution in [3.8, 4) is 5.75 Å². The number of aryl methyl sites for hydroxylation is 1. The molecule has 1 atom stereocenters. The minimum atomic E-state index is -0.0465. The second kappa shape index (κ2) is 7.53. The lowest BCUT2D eigenvalue weighted by Crippen LogP contribution is -2.25. The number of furan rings is 1. The number of rotatable bonds is 6. The second-order valence-electron chi connectivity index (χ2n) is 6.14. The van der Waals surface area contributed by atoms with Crippen LogP contribution in [0.15, 0.2) is 40.8 Å². The number of ether oxygens (including phenoxy) is 2. The van der Waals surface area contributed by atoms with E-state index in [4.69, 9.17) is 13.9 Å². The highest BCUT2D eigenvalue weighted by molar-refractivity contribution is 5.94. The molecule has 1 aromatic carbocycles. The largest absolute Gasteiger partial charge is 0.491 e. The molecule has 5 nitrogen and oxygen atoms in total. The van der Waals surface area contributed by atoms with Crippen LogP contribution < -0.4 is 4.74 Å². The summed E-state index contributed by atoms with van der Waals surface area (Å²) in [6, 6.07) is 11.0. The highest BCUT2D eigenvalue weighted by Crippen LogP contribution is 2.18. The average Bonchev–Trinajstić information content (AvgIpc) is 3.24. The number of amides is 1. The number of carbonyl (C=O) groups excluding carboxylic acids is 1. The van der Waals surface area contributed by atoms with Gasteiger partial charge in [-0.25, -0.2) is 0 Å². The van der Waals surface area contributed by atoms with Crippen LogP contribution in [0, 0.1) is 6.92 Å². The summed E-state index contributed by atoms with van der Waals surface area (Å²) in [6.45, 7) is 3.72. The van der Waals surface area contributed by atoms with Gasteiger partial charge in [-0.15, -0.1) is 0 Å². The van der Waals surface area contributed by atoms with E-state index in [0.717, 1.165) is 36.7 Å². The molecule has 2 aromatic rings. The molecular weight excluding hydrogens is 306 g/mol. The van der Waals surface area contributed by atoms with Crippen molar-refractivity contribution in [2.75, 3.05) is 20.3 Å². The van der Waals surface area contributed by atoms with Crippen LogP contribution >= 0.6 is 0 Å². The van der Waals surface area contributed by atoms with Gasteiger partial charge in [0.05, 0.1) is 12.6 Å². The molecule has 2 heterocycles. The molecule has 1 fully saturated rings. The monoisotopic (exact) mass is 329 g/mol. The third kappa shape index (κ3) is 4.17. The maximum atomic E-state index is 12.5. The predicted octanol–water partition coefficient (Wildman–Crippen LogP) is 3.42. The van der Waals surface area contributed by atoms with Crippen LogP contribution in [0.1, 0.15) is 34.7 Å². The lowest BCUT2D eigenvalue weighted by Gasteiger charge is -2.16. The first-order valence-electron chi connectivity index (χ1n) is 8.27. The van der Waals surface area contributed by atoms with Crippen molar-refractivity contribution in [1.29, 1.82) is 0 Å². The van der Waals surface area contributed by atoms with Crippen LogP contribution in [0.25, 0.3) is 0 Å². The Bertz CT molecular complexity index is 671. The molecule has 3 rings (SSSR count). The molecule has 1 aliphatic heterocycles. The zero-order chi connectivity index (χ0) is 16.9. The second-order valence-corrected chi connectivity index (χ2v) is 6.14. The molecule has 1 saturated heterocycles. The zero-order valence-corrected chi connectivity index (χ0v) is 14.2. The van der Waals surface area contributed by atoms with Crippen molar-refractivity contribution < 1.29 is 18.7 Å². The van der Waals surface area contributed by atoms with Gasteiger partial charge in [-0.3, -0.25) is 4.79 Å². The average molecular weight is 329 g/mol. The Labute approximate surface area is 142 Å². The third-order valence-corrected chi connectivity index (χ3v) is 4.10. The Kier molecular flexibility index (Phi) is 5.20. The Morgan fingerprint density at radius 1 is 1.25 bits per heavy atom.